The van der Waals surface area contributed by atoms with Crippen molar-refractivity contribution in [3.8, 4) is 0 Å². The van der Waals surface area contributed by atoms with Gasteiger partial charge in [0.05, 0.1) is 27.7 Å². The molecule has 3 atom stereocenters. The Morgan fingerprint density at radius 2 is 2.00 bits per heavy atom. The number of nitrogens with zero attached hydrogens (tertiary/aromatic N) is 1. The molecule has 0 aromatic heterocycles. The van der Waals surface area contributed by atoms with Crippen LogP contribution in [0, 0.1) is 0 Å². The van der Waals surface area contributed by atoms with Crippen molar-refractivity contribution in [2.24, 2.45) is 0 Å². The van der Waals surface area contributed by atoms with Crippen molar-refractivity contribution in [1.82, 2.24) is 0 Å². The van der Waals surface area contributed by atoms with Crippen LogP contribution in [0.2, 0.25) is 0 Å². The molecular formula is C11H25NO6P+. The summed E-state index contributed by atoms with van der Waals surface area (Å²) in [6.07, 6.45) is -0.733. The van der Waals surface area contributed by atoms with E-state index in [0.717, 1.165) is 0 Å². The Morgan fingerprint density at radius 3 is 2.42 bits per heavy atom. The van der Waals surface area contributed by atoms with Crippen LogP contribution in [0.4, 0.5) is 0 Å². The van der Waals surface area contributed by atoms with Crippen molar-refractivity contribution in [2.75, 3.05) is 40.9 Å². The molecule has 0 spiro atoms. The third-order valence-corrected chi connectivity index (χ3v) is 3.35. The minimum absolute atomic E-state index is 0.0489. The molecule has 0 saturated heterocycles. The first-order valence-corrected chi connectivity index (χ1v) is 7.47. The molecule has 2 unspecified atom stereocenters. The third-order valence-electron chi connectivity index (χ3n) is 2.30. The number of likely N-dealkylation sites (N-methyl/N-ethyl adjacent to an activating group) is 1. The Kier molecular flexibility index (Phi) is 8.00. The lowest BCUT2D eigenvalue weighted by atomic mass is 10.1. The third kappa shape index (κ3) is 9.29. The van der Waals surface area contributed by atoms with Gasteiger partial charge in [0.25, 0.3) is 0 Å². The normalized spacial score (nSPS) is 18.6. The average molecular weight is 298 g/mol. The number of phosphoric acid groups is 1. The van der Waals surface area contributed by atoms with Crippen LogP contribution in [0.1, 0.15) is 6.42 Å². The lowest BCUT2D eigenvalue weighted by Gasteiger charge is -2.26. The van der Waals surface area contributed by atoms with Gasteiger partial charge in [-0.15, -0.1) is 6.58 Å². The van der Waals surface area contributed by atoms with Gasteiger partial charge >= 0.3 is 7.82 Å². The topological polar surface area (TPSA) is 96.2 Å². The highest BCUT2D eigenvalue weighted by molar-refractivity contribution is 7.47. The Bertz CT molecular complexity index is 317. The molecule has 0 saturated carbocycles. The van der Waals surface area contributed by atoms with Gasteiger partial charge in [0.2, 0.25) is 0 Å². The SMILES string of the molecule is C=CCC(OP(=O)(O)OCC[N+](C)(C)C)[C@@H](O)CO. The van der Waals surface area contributed by atoms with E-state index in [1.165, 1.54) is 6.08 Å². The smallest absolute Gasteiger partial charge is 0.394 e. The summed E-state index contributed by atoms with van der Waals surface area (Å²) < 4.78 is 21.9. The van der Waals surface area contributed by atoms with Crippen LogP contribution in [0.15, 0.2) is 12.7 Å². The Labute approximate surface area is 114 Å². The van der Waals surface area contributed by atoms with Crippen LogP contribution in [0.5, 0.6) is 0 Å². The summed E-state index contributed by atoms with van der Waals surface area (Å²) in [4.78, 5) is 9.53. The molecule has 0 aliphatic carbocycles. The molecule has 114 valence electrons. The highest BCUT2D eigenvalue weighted by Crippen LogP contribution is 2.45. The van der Waals surface area contributed by atoms with Crippen molar-refractivity contribution in [2.45, 2.75) is 18.6 Å². The fraction of sp³-hybridized carbons (Fsp3) is 0.818. The number of hydrogen-bond acceptors (Lipinski definition) is 5. The van der Waals surface area contributed by atoms with Gasteiger partial charge in [0.15, 0.2) is 0 Å². The molecule has 0 aromatic rings. The lowest BCUT2D eigenvalue weighted by molar-refractivity contribution is -0.870. The highest BCUT2D eigenvalue weighted by atomic mass is 31.2. The number of phosphoric ester groups is 1. The van der Waals surface area contributed by atoms with Crippen LogP contribution in [-0.4, -0.2) is 72.7 Å². The predicted molar refractivity (Wildman–Crippen MR) is 71.5 cm³/mol. The van der Waals surface area contributed by atoms with E-state index in [1.807, 2.05) is 21.1 Å². The van der Waals surface area contributed by atoms with Gasteiger partial charge in [-0.05, 0) is 6.42 Å². The van der Waals surface area contributed by atoms with Crippen molar-refractivity contribution >= 4 is 7.82 Å². The van der Waals surface area contributed by atoms with Crippen LogP contribution < -0.4 is 0 Å². The zero-order valence-electron chi connectivity index (χ0n) is 11.7. The second-order valence-electron chi connectivity index (χ2n) is 5.23. The maximum absolute atomic E-state index is 11.7. The van der Waals surface area contributed by atoms with E-state index in [2.05, 4.69) is 6.58 Å². The second-order valence-corrected chi connectivity index (χ2v) is 6.64. The van der Waals surface area contributed by atoms with Gasteiger partial charge in [-0.3, -0.25) is 9.05 Å². The quantitative estimate of drug-likeness (QED) is 0.301. The zero-order chi connectivity index (χ0) is 15.1. The second kappa shape index (κ2) is 8.11. The van der Waals surface area contributed by atoms with Crippen LogP contribution >= 0.6 is 7.82 Å². The molecule has 7 nitrogen and oxygen atoms in total. The number of rotatable bonds is 10. The fourth-order valence-electron chi connectivity index (χ4n) is 1.18. The van der Waals surface area contributed by atoms with Crippen molar-refractivity contribution in [1.29, 1.82) is 0 Å². The Hall–Kier alpha value is -0.270. The molecule has 0 aliphatic rings. The van der Waals surface area contributed by atoms with Crippen LogP contribution in [-0.2, 0) is 13.6 Å². The van der Waals surface area contributed by atoms with Gasteiger partial charge in [-0.25, -0.2) is 4.57 Å². The number of aliphatic hydroxyl groups is 2. The van der Waals surface area contributed by atoms with E-state index in [9.17, 15) is 14.6 Å². The minimum Gasteiger partial charge on any atom is -0.394 e. The average Bonchev–Trinajstić information content (AvgIpc) is 2.25. The lowest BCUT2D eigenvalue weighted by Crippen LogP contribution is -2.37. The molecule has 3 N–H and O–H groups in total. The Morgan fingerprint density at radius 1 is 1.42 bits per heavy atom. The van der Waals surface area contributed by atoms with Crippen molar-refractivity contribution in [3.63, 3.8) is 0 Å². The fourth-order valence-corrected chi connectivity index (χ4v) is 2.13. The van der Waals surface area contributed by atoms with E-state index < -0.39 is 26.6 Å². The predicted octanol–water partition coefficient (Wildman–Crippen LogP) is 0.124. The number of hydrogen-bond donors (Lipinski definition) is 3. The van der Waals surface area contributed by atoms with Gasteiger partial charge in [0, 0.05) is 0 Å². The molecular weight excluding hydrogens is 273 g/mol. The monoisotopic (exact) mass is 298 g/mol. The van der Waals surface area contributed by atoms with Crippen LogP contribution in [0.25, 0.3) is 0 Å². The molecule has 0 aliphatic heterocycles. The van der Waals surface area contributed by atoms with Gasteiger partial charge in [-0.2, -0.15) is 0 Å². The standard InChI is InChI=1S/C11H24NO6P/c1-5-6-11(10(14)9-13)18-19(15,16)17-8-7-12(2,3)4/h5,10-11,13-14H,1,6-9H2,2-4H3/p+1/t10-,11?/m0/s1. The van der Waals surface area contributed by atoms with E-state index >= 15 is 0 Å². The highest BCUT2D eigenvalue weighted by Gasteiger charge is 2.30. The largest absolute Gasteiger partial charge is 0.472 e. The van der Waals surface area contributed by atoms with E-state index in [4.69, 9.17) is 14.2 Å². The molecule has 0 radical (unpaired) electrons. The summed E-state index contributed by atoms with van der Waals surface area (Å²) in [5, 5.41) is 18.3. The molecule has 0 bridgehead atoms. The molecule has 0 fully saturated rings. The minimum atomic E-state index is -4.26. The summed E-state index contributed by atoms with van der Waals surface area (Å²) in [7, 11) is 1.50. The molecule has 0 rings (SSSR count). The summed E-state index contributed by atoms with van der Waals surface area (Å²) in [5.74, 6) is 0. The van der Waals surface area contributed by atoms with Crippen LogP contribution in [0.3, 0.4) is 0 Å². The maximum Gasteiger partial charge on any atom is 0.472 e. The zero-order valence-corrected chi connectivity index (χ0v) is 12.6. The van der Waals surface area contributed by atoms with E-state index in [-0.39, 0.29) is 13.0 Å². The first kappa shape index (κ1) is 18.7. The number of quaternary nitrogens is 1. The first-order chi connectivity index (χ1) is 8.61. The van der Waals surface area contributed by atoms with E-state index in [0.29, 0.717) is 11.0 Å². The molecule has 19 heavy (non-hydrogen) atoms. The van der Waals surface area contributed by atoms with Gasteiger partial charge in [-0.1, -0.05) is 6.08 Å². The van der Waals surface area contributed by atoms with Gasteiger partial charge in [0.1, 0.15) is 25.4 Å². The maximum atomic E-state index is 11.7. The molecule has 0 amide bonds. The van der Waals surface area contributed by atoms with Crippen molar-refractivity contribution < 1.29 is 33.2 Å². The summed E-state index contributed by atoms with van der Waals surface area (Å²) in [5.41, 5.74) is 0. The first-order valence-electron chi connectivity index (χ1n) is 5.97. The molecule has 0 aromatic carbocycles. The number of aliphatic hydroxyl groups excluding tert-OH is 2. The molecule has 8 heteroatoms. The van der Waals surface area contributed by atoms with Gasteiger partial charge < -0.3 is 19.6 Å². The Balaban J connectivity index is 4.38. The summed E-state index contributed by atoms with van der Waals surface area (Å²) in [6, 6.07) is 0. The van der Waals surface area contributed by atoms with Crippen molar-refractivity contribution in [3.05, 3.63) is 12.7 Å². The van der Waals surface area contributed by atoms with E-state index in [1.54, 1.807) is 0 Å². The summed E-state index contributed by atoms with van der Waals surface area (Å²) >= 11 is 0. The molecule has 0 heterocycles. The summed E-state index contributed by atoms with van der Waals surface area (Å²) in [6.45, 7) is 3.46.